The summed E-state index contributed by atoms with van der Waals surface area (Å²) in [7, 11) is 0. The van der Waals surface area contributed by atoms with Gasteiger partial charge in [-0.15, -0.1) is 10.2 Å². The lowest BCUT2D eigenvalue weighted by atomic mass is 10.1. The maximum Gasteiger partial charge on any atom is 0.274 e. The molecule has 0 bridgehead atoms. The number of rotatable bonds is 4. The quantitative estimate of drug-likeness (QED) is 0.732. The molecule has 1 aliphatic rings. The summed E-state index contributed by atoms with van der Waals surface area (Å²) in [5.41, 5.74) is 0.665. The Morgan fingerprint density at radius 2 is 2.09 bits per heavy atom. The van der Waals surface area contributed by atoms with Gasteiger partial charge in [-0.05, 0) is 25.7 Å². The van der Waals surface area contributed by atoms with E-state index in [9.17, 15) is 4.79 Å². The van der Waals surface area contributed by atoms with Crippen molar-refractivity contribution in [2.45, 2.75) is 52.0 Å². The van der Waals surface area contributed by atoms with Gasteiger partial charge >= 0.3 is 0 Å². The molecule has 120 valence electrons. The standard InChI is InChI=1S/C15H18N6OS/c1-8(2)11-6-13(22)21-15(17-11)16-9(3)20(21)7-12-18-19-14(23-12)10-4-5-10/h6,8,10H,4-5,7H2,1-3H3. The van der Waals surface area contributed by atoms with Crippen molar-refractivity contribution in [2.75, 3.05) is 0 Å². The first-order chi connectivity index (χ1) is 11.0. The van der Waals surface area contributed by atoms with Crippen LogP contribution in [0, 0.1) is 6.92 Å². The highest BCUT2D eigenvalue weighted by Gasteiger charge is 2.27. The van der Waals surface area contributed by atoms with Crippen LogP contribution in [0.3, 0.4) is 0 Å². The van der Waals surface area contributed by atoms with Gasteiger partial charge < -0.3 is 0 Å². The van der Waals surface area contributed by atoms with E-state index in [2.05, 4.69) is 20.2 Å². The zero-order valence-electron chi connectivity index (χ0n) is 13.4. The minimum absolute atomic E-state index is 0.105. The lowest BCUT2D eigenvalue weighted by Gasteiger charge is -2.06. The van der Waals surface area contributed by atoms with E-state index in [1.165, 1.54) is 17.4 Å². The van der Waals surface area contributed by atoms with Crippen molar-refractivity contribution in [3.05, 3.63) is 38.0 Å². The molecule has 0 atom stereocenters. The first-order valence-electron chi connectivity index (χ1n) is 7.82. The molecule has 8 heteroatoms. The smallest absolute Gasteiger partial charge is 0.267 e. The molecule has 0 N–H and O–H groups in total. The molecule has 23 heavy (non-hydrogen) atoms. The van der Waals surface area contributed by atoms with E-state index in [4.69, 9.17) is 0 Å². The van der Waals surface area contributed by atoms with Gasteiger partial charge in [-0.3, -0.25) is 9.48 Å². The summed E-state index contributed by atoms with van der Waals surface area (Å²) in [6.07, 6.45) is 2.42. The topological polar surface area (TPSA) is 78.0 Å². The maximum absolute atomic E-state index is 12.5. The van der Waals surface area contributed by atoms with E-state index in [0.717, 1.165) is 21.5 Å². The molecule has 0 aromatic carbocycles. The molecule has 3 aromatic heterocycles. The van der Waals surface area contributed by atoms with E-state index in [0.29, 0.717) is 18.2 Å². The van der Waals surface area contributed by atoms with Crippen molar-refractivity contribution in [3.63, 3.8) is 0 Å². The summed E-state index contributed by atoms with van der Waals surface area (Å²) in [6.45, 7) is 6.41. The fourth-order valence-electron chi connectivity index (χ4n) is 2.56. The van der Waals surface area contributed by atoms with Gasteiger partial charge in [0, 0.05) is 12.0 Å². The van der Waals surface area contributed by atoms with Gasteiger partial charge in [0.15, 0.2) is 0 Å². The molecule has 1 aliphatic carbocycles. The number of hydrogen-bond donors (Lipinski definition) is 0. The highest BCUT2D eigenvalue weighted by atomic mass is 32.1. The molecule has 1 fully saturated rings. The van der Waals surface area contributed by atoms with Crippen LogP contribution in [-0.2, 0) is 6.54 Å². The lowest BCUT2D eigenvalue weighted by molar-refractivity contribution is 0.593. The summed E-state index contributed by atoms with van der Waals surface area (Å²) in [5, 5.41) is 10.5. The summed E-state index contributed by atoms with van der Waals surface area (Å²) in [5.74, 6) is 1.99. The van der Waals surface area contributed by atoms with E-state index in [1.807, 2.05) is 25.5 Å². The van der Waals surface area contributed by atoms with Crippen LogP contribution in [0.25, 0.3) is 5.78 Å². The maximum atomic E-state index is 12.5. The molecule has 0 unspecified atom stereocenters. The first kappa shape index (κ1) is 14.5. The van der Waals surface area contributed by atoms with Crippen LogP contribution in [0.2, 0.25) is 0 Å². The number of nitrogens with zero attached hydrogens (tertiary/aromatic N) is 6. The van der Waals surface area contributed by atoms with Gasteiger partial charge in [-0.2, -0.15) is 9.50 Å². The zero-order chi connectivity index (χ0) is 16.1. The van der Waals surface area contributed by atoms with E-state index in [-0.39, 0.29) is 11.5 Å². The Labute approximate surface area is 137 Å². The van der Waals surface area contributed by atoms with Gasteiger partial charge in [0.25, 0.3) is 11.3 Å². The molecule has 0 radical (unpaired) electrons. The number of aryl methyl sites for hydroxylation is 1. The SMILES string of the molecule is Cc1nc2nc(C(C)C)cc(=O)n2n1Cc1nnc(C2CC2)s1. The Bertz CT molecular complexity index is 933. The molecule has 4 rings (SSSR count). The van der Waals surface area contributed by atoms with Crippen LogP contribution >= 0.6 is 11.3 Å². The highest BCUT2D eigenvalue weighted by Crippen LogP contribution is 2.41. The van der Waals surface area contributed by atoms with E-state index in [1.54, 1.807) is 17.4 Å². The second-order valence-electron chi connectivity index (χ2n) is 6.31. The van der Waals surface area contributed by atoms with Crippen molar-refractivity contribution in [1.29, 1.82) is 0 Å². The molecule has 3 aromatic rings. The third-order valence-electron chi connectivity index (χ3n) is 4.06. The largest absolute Gasteiger partial charge is 0.274 e. The first-order valence-corrected chi connectivity index (χ1v) is 8.64. The zero-order valence-corrected chi connectivity index (χ0v) is 14.2. The summed E-state index contributed by atoms with van der Waals surface area (Å²) in [6, 6.07) is 1.59. The van der Waals surface area contributed by atoms with Crippen molar-refractivity contribution < 1.29 is 0 Å². The van der Waals surface area contributed by atoms with Crippen molar-refractivity contribution >= 4 is 17.1 Å². The van der Waals surface area contributed by atoms with Gasteiger partial charge in [0.2, 0.25) is 0 Å². The molecular weight excluding hydrogens is 312 g/mol. The fraction of sp³-hybridized carbons (Fsp3) is 0.533. The Balaban J connectivity index is 1.76. The minimum Gasteiger partial charge on any atom is -0.267 e. The molecule has 0 aliphatic heterocycles. The average molecular weight is 330 g/mol. The second-order valence-corrected chi connectivity index (χ2v) is 7.40. The van der Waals surface area contributed by atoms with Crippen LogP contribution in [0.4, 0.5) is 0 Å². The predicted molar refractivity (Wildman–Crippen MR) is 87.1 cm³/mol. The number of aromatic nitrogens is 6. The van der Waals surface area contributed by atoms with Crippen molar-refractivity contribution in [1.82, 2.24) is 29.4 Å². The van der Waals surface area contributed by atoms with Gasteiger partial charge in [-0.1, -0.05) is 25.2 Å². The molecule has 0 amide bonds. The molecule has 0 spiro atoms. The molecule has 0 saturated heterocycles. The van der Waals surface area contributed by atoms with E-state index < -0.39 is 0 Å². The molecule has 1 saturated carbocycles. The van der Waals surface area contributed by atoms with Crippen molar-refractivity contribution in [2.24, 2.45) is 0 Å². The Morgan fingerprint density at radius 3 is 2.78 bits per heavy atom. The predicted octanol–water partition coefficient (Wildman–Crippen LogP) is 2.10. The summed E-state index contributed by atoms with van der Waals surface area (Å²) >= 11 is 1.63. The van der Waals surface area contributed by atoms with Crippen LogP contribution in [-0.4, -0.2) is 29.4 Å². The monoisotopic (exact) mass is 330 g/mol. The molecular formula is C15H18N6OS. The van der Waals surface area contributed by atoms with Crippen LogP contribution < -0.4 is 5.56 Å². The average Bonchev–Trinajstić information content (AvgIpc) is 3.16. The fourth-order valence-corrected chi connectivity index (χ4v) is 3.56. The van der Waals surface area contributed by atoms with Gasteiger partial charge in [-0.25, -0.2) is 4.98 Å². The van der Waals surface area contributed by atoms with Gasteiger partial charge in [0.05, 0.1) is 12.2 Å². The Morgan fingerprint density at radius 1 is 1.30 bits per heavy atom. The van der Waals surface area contributed by atoms with Crippen LogP contribution in [0.1, 0.15) is 60.1 Å². The van der Waals surface area contributed by atoms with Crippen molar-refractivity contribution in [3.8, 4) is 0 Å². The number of hydrogen-bond acceptors (Lipinski definition) is 6. The molecule has 7 nitrogen and oxygen atoms in total. The third kappa shape index (κ3) is 2.56. The van der Waals surface area contributed by atoms with Crippen LogP contribution in [0.5, 0.6) is 0 Å². The van der Waals surface area contributed by atoms with E-state index >= 15 is 0 Å². The normalized spacial score (nSPS) is 15.0. The Hall–Kier alpha value is -2.09. The second kappa shape index (κ2) is 5.23. The summed E-state index contributed by atoms with van der Waals surface area (Å²) in [4.78, 5) is 21.4. The highest BCUT2D eigenvalue weighted by molar-refractivity contribution is 7.11. The molecule has 3 heterocycles. The third-order valence-corrected chi connectivity index (χ3v) is 5.13. The van der Waals surface area contributed by atoms with Crippen LogP contribution in [0.15, 0.2) is 10.9 Å². The lowest BCUT2D eigenvalue weighted by Crippen LogP contribution is -2.23. The minimum atomic E-state index is -0.105. The van der Waals surface area contributed by atoms with Gasteiger partial charge in [0.1, 0.15) is 15.8 Å². The number of fused-ring (bicyclic) bond motifs is 1. The Kier molecular flexibility index (Phi) is 3.29. The summed E-state index contributed by atoms with van der Waals surface area (Å²) < 4.78 is 3.35.